The molecule has 0 aliphatic carbocycles. The van der Waals surface area contributed by atoms with Gasteiger partial charge >= 0.3 is 0 Å². The molecule has 1 aromatic heterocycles. The van der Waals surface area contributed by atoms with Crippen molar-refractivity contribution in [3.8, 4) is 0 Å². The first-order valence-corrected chi connectivity index (χ1v) is 8.37. The summed E-state index contributed by atoms with van der Waals surface area (Å²) in [6.07, 6.45) is 2.00. The minimum atomic E-state index is -0.166. The number of nitrogens with zero attached hydrogens (tertiary/aromatic N) is 2. The number of amides is 1. The number of carbonyl (C=O) groups excluding carboxylic acids is 1. The van der Waals surface area contributed by atoms with Crippen LogP contribution in [0.5, 0.6) is 0 Å². The molecule has 2 atom stereocenters. The third-order valence-corrected chi connectivity index (χ3v) is 4.43. The number of aromatic nitrogens is 2. The molecule has 1 amide bonds. The van der Waals surface area contributed by atoms with E-state index in [-0.39, 0.29) is 24.5 Å². The van der Waals surface area contributed by atoms with Crippen LogP contribution in [0.15, 0.2) is 12.2 Å². The van der Waals surface area contributed by atoms with Gasteiger partial charge in [-0.2, -0.15) is 5.10 Å². The predicted molar refractivity (Wildman–Crippen MR) is 93.3 cm³/mol. The molecule has 0 spiro atoms. The van der Waals surface area contributed by atoms with Crippen LogP contribution in [0.3, 0.4) is 0 Å². The van der Waals surface area contributed by atoms with Gasteiger partial charge in [-0.1, -0.05) is 32.4 Å². The summed E-state index contributed by atoms with van der Waals surface area (Å²) in [5, 5.41) is 16.9. The van der Waals surface area contributed by atoms with Gasteiger partial charge in [-0.05, 0) is 38.7 Å². The Morgan fingerprint density at radius 2 is 2.09 bits per heavy atom. The van der Waals surface area contributed by atoms with Gasteiger partial charge in [-0.15, -0.1) is 0 Å². The van der Waals surface area contributed by atoms with Crippen molar-refractivity contribution in [2.75, 3.05) is 6.61 Å². The lowest BCUT2D eigenvalue weighted by atomic mass is 9.99. The van der Waals surface area contributed by atoms with Crippen LogP contribution in [0, 0.1) is 19.8 Å². The molecular formula is C18H31N3O2. The van der Waals surface area contributed by atoms with Crippen LogP contribution in [0.1, 0.15) is 50.6 Å². The average molecular weight is 321 g/mol. The molecule has 5 nitrogen and oxygen atoms in total. The first kappa shape index (κ1) is 19.4. The van der Waals surface area contributed by atoms with E-state index in [4.69, 9.17) is 0 Å². The van der Waals surface area contributed by atoms with E-state index in [2.05, 4.69) is 23.9 Å². The maximum absolute atomic E-state index is 12.1. The van der Waals surface area contributed by atoms with Crippen LogP contribution < -0.4 is 5.32 Å². The molecule has 0 saturated heterocycles. The molecule has 0 aromatic carbocycles. The van der Waals surface area contributed by atoms with Gasteiger partial charge in [-0.25, -0.2) is 0 Å². The largest absolute Gasteiger partial charge is 0.394 e. The number of hydrogen-bond acceptors (Lipinski definition) is 3. The van der Waals surface area contributed by atoms with E-state index >= 15 is 0 Å². The highest BCUT2D eigenvalue weighted by molar-refractivity contribution is 5.76. The number of aliphatic hydroxyl groups is 1. The smallest absolute Gasteiger partial charge is 0.220 e. The van der Waals surface area contributed by atoms with Gasteiger partial charge in [0, 0.05) is 12.1 Å². The Hall–Kier alpha value is -1.62. The fourth-order valence-electron chi connectivity index (χ4n) is 2.68. The Bertz CT molecular complexity index is 549. The second-order valence-electron chi connectivity index (χ2n) is 6.51. The molecule has 1 rings (SSSR count). The predicted octanol–water partition coefficient (Wildman–Crippen LogP) is 2.53. The van der Waals surface area contributed by atoms with Crippen molar-refractivity contribution in [2.45, 2.75) is 66.5 Å². The molecule has 0 bridgehead atoms. The molecule has 0 aliphatic rings. The number of carbonyl (C=O) groups is 1. The van der Waals surface area contributed by atoms with Gasteiger partial charge in [0.15, 0.2) is 0 Å². The van der Waals surface area contributed by atoms with E-state index in [1.54, 1.807) is 0 Å². The fraction of sp³-hybridized carbons (Fsp3) is 0.667. The zero-order valence-corrected chi connectivity index (χ0v) is 15.1. The maximum Gasteiger partial charge on any atom is 0.220 e. The molecule has 2 unspecified atom stereocenters. The highest BCUT2D eigenvalue weighted by Gasteiger charge is 2.18. The minimum Gasteiger partial charge on any atom is -0.394 e. The van der Waals surface area contributed by atoms with E-state index < -0.39 is 0 Å². The van der Waals surface area contributed by atoms with Crippen molar-refractivity contribution in [3.05, 3.63) is 29.1 Å². The highest BCUT2D eigenvalue weighted by Crippen LogP contribution is 2.16. The van der Waals surface area contributed by atoms with Crippen LogP contribution in [-0.2, 0) is 17.8 Å². The number of nitrogens with one attached hydrogen (secondary N) is 1. The SMILES string of the molecule is C=C(C)Cn1nc(C)c(CCC(=O)NC(CO)C(C)CC)c1C. The summed E-state index contributed by atoms with van der Waals surface area (Å²) in [5.41, 5.74) is 4.25. The summed E-state index contributed by atoms with van der Waals surface area (Å²) >= 11 is 0. The molecular weight excluding hydrogens is 290 g/mol. The molecule has 5 heteroatoms. The number of hydrogen-bond donors (Lipinski definition) is 2. The van der Waals surface area contributed by atoms with E-state index in [9.17, 15) is 9.90 Å². The lowest BCUT2D eigenvalue weighted by molar-refractivity contribution is -0.122. The fourth-order valence-corrected chi connectivity index (χ4v) is 2.68. The molecule has 0 aliphatic heterocycles. The van der Waals surface area contributed by atoms with Gasteiger partial charge < -0.3 is 10.4 Å². The Morgan fingerprint density at radius 1 is 1.43 bits per heavy atom. The quantitative estimate of drug-likeness (QED) is 0.687. The van der Waals surface area contributed by atoms with Crippen molar-refractivity contribution in [1.29, 1.82) is 0 Å². The van der Waals surface area contributed by atoms with Gasteiger partial charge in [0.25, 0.3) is 0 Å². The Balaban J connectivity index is 2.66. The average Bonchev–Trinajstić information content (AvgIpc) is 2.75. The third kappa shape index (κ3) is 5.50. The van der Waals surface area contributed by atoms with Crippen molar-refractivity contribution in [2.24, 2.45) is 5.92 Å². The number of aryl methyl sites for hydroxylation is 1. The zero-order valence-electron chi connectivity index (χ0n) is 15.1. The standard InChI is InChI=1S/C18H31N3O2/c1-7-13(4)17(11-22)19-18(23)9-8-16-14(5)20-21(15(16)6)10-12(2)3/h13,17,22H,2,7-11H2,1,3-6H3,(H,19,23). The number of rotatable bonds is 9. The second-order valence-corrected chi connectivity index (χ2v) is 6.51. The van der Waals surface area contributed by atoms with Gasteiger partial charge in [0.1, 0.15) is 0 Å². The Morgan fingerprint density at radius 3 is 2.61 bits per heavy atom. The molecule has 0 fully saturated rings. The van der Waals surface area contributed by atoms with Crippen molar-refractivity contribution in [3.63, 3.8) is 0 Å². The lowest BCUT2D eigenvalue weighted by Gasteiger charge is -2.22. The van der Waals surface area contributed by atoms with Crippen LogP contribution in [0.4, 0.5) is 0 Å². The van der Waals surface area contributed by atoms with Gasteiger partial charge in [-0.3, -0.25) is 9.48 Å². The zero-order chi connectivity index (χ0) is 17.6. The van der Waals surface area contributed by atoms with E-state index in [1.165, 1.54) is 0 Å². The monoisotopic (exact) mass is 321 g/mol. The second kappa shape index (κ2) is 8.87. The maximum atomic E-state index is 12.1. The van der Waals surface area contributed by atoms with E-state index in [0.717, 1.165) is 28.9 Å². The van der Waals surface area contributed by atoms with Crippen LogP contribution in [-0.4, -0.2) is 33.4 Å². The van der Waals surface area contributed by atoms with Crippen molar-refractivity contribution < 1.29 is 9.90 Å². The summed E-state index contributed by atoms with van der Waals surface area (Å²) in [4.78, 5) is 12.1. The van der Waals surface area contributed by atoms with Gasteiger partial charge in [0.05, 0.1) is 24.9 Å². The molecule has 0 radical (unpaired) electrons. The van der Waals surface area contributed by atoms with Crippen LogP contribution in [0.25, 0.3) is 0 Å². The Kier molecular flexibility index (Phi) is 7.49. The van der Waals surface area contributed by atoms with Crippen molar-refractivity contribution >= 4 is 5.91 Å². The third-order valence-electron chi connectivity index (χ3n) is 4.43. The molecule has 0 saturated carbocycles. The Labute approximate surface area is 139 Å². The first-order valence-electron chi connectivity index (χ1n) is 8.37. The molecule has 1 aromatic rings. The van der Waals surface area contributed by atoms with Gasteiger partial charge in [0.2, 0.25) is 5.91 Å². The summed E-state index contributed by atoms with van der Waals surface area (Å²) in [5.74, 6) is 0.251. The molecule has 2 N–H and O–H groups in total. The lowest BCUT2D eigenvalue weighted by Crippen LogP contribution is -2.41. The summed E-state index contributed by atoms with van der Waals surface area (Å²) in [6, 6.07) is -0.166. The van der Waals surface area contributed by atoms with E-state index in [0.29, 0.717) is 19.4 Å². The molecule has 23 heavy (non-hydrogen) atoms. The molecule has 130 valence electrons. The van der Waals surface area contributed by atoms with Crippen LogP contribution in [0.2, 0.25) is 0 Å². The summed E-state index contributed by atoms with van der Waals surface area (Å²) in [6.45, 7) is 14.7. The number of allylic oxidation sites excluding steroid dienone is 1. The normalized spacial score (nSPS) is 13.7. The van der Waals surface area contributed by atoms with E-state index in [1.807, 2.05) is 32.4 Å². The summed E-state index contributed by atoms with van der Waals surface area (Å²) < 4.78 is 1.95. The van der Waals surface area contributed by atoms with Crippen molar-refractivity contribution in [1.82, 2.24) is 15.1 Å². The molecule has 1 heterocycles. The number of aliphatic hydroxyl groups excluding tert-OH is 1. The summed E-state index contributed by atoms with van der Waals surface area (Å²) in [7, 11) is 0. The topological polar surface area (TPSA) is 67.2 Å². The highest BCUT2D eigenvalue weighted by atomic mass is 16.3. The first-order chi connectivity index (χ1) is 10.8. The minimum absolute atomic E-state index is 0.0178. The van der Waals surface area contributed by atoms with Crippen LogP contribution >= 0.6 is 0 Å².